The number of nitrogens with zero attached hydrogens (tertiary/aromatic N) is 4. The molecule has 0 aliphatic rings. The molecule has 3 aromatic heterocycles. The Kier molecular flexibility index (Phi) is 5.94. The van der Waals surface area contributed by atoms with Crippen LogP contribution in [0.3, 0.4) is 0 Å². The van der Waals surface area contributed by atoms with Crippen molar-refractivity contribution in [2.45, 2.75) is 19.9 Å². The number of anilines is 1. The smallest absolute Gasteiger partial charge is 0.354 e. The van der Waals surface area contributed by atoms with Crippen LogP contribution in [0.2, 0.25) is 0 Å². The van der Waals surface area contributed by atoms with E-state index in [9.17, 15) is 13.6 Å². The zero-order valence-corrected chi connectivity index (χ0v) is 17.9. The van der Waals surface area contributed by atoms with Crippen molar-refractivity contribution in [1.29, 1.82) is 0 Å². The molecule has 0 atom stereocenters. The number of rotatable bonds is 7. The summed E-state index contributed by atoms with van der Waals surface area (Å²) >= 11 is 3.07. The van der Waals surface area contributed by atoms with E-state index in [1.807, 2.05) is 23.8 Å². The molecule has 4 aromatic rings. The van der Waals surface area contributed by atoms with Gasteiger partial charge in [-0.15, -0.1) is 0 Å². The second kappa shape index (κ2) is 8.80. The lowest BCUT2D eigenvalue weighted by Crippen LogP contribution is -2.10. The molecule has 11 heteroatoms. The Morgan fingerprint density at radius 3 is 2.71 bits per heavy atom. The van der Waals surface area contributed by atoms with Crippen LogP contribution in [0.15, 0.2) is 50.4 Å². The maximum atomic E-state index is 14.0. The summed E-state index contributed by atoms with van der Waals surface area (Å²) in [6.07, 6.45) is 3.60. The predicted octanol–water partition coefficient (Wildman–Crippen LogP) is 4.00. The number of benzene rings is 1. The fourth-order valence-corrected chi connectivity index (χ4v) is 3.57. The van der Waals surface area contributed by atoms with Crippen LogP contribution in [-0.2, 0) is 13.0 Å². The van der Waals surface area contributed by atoms with Gasteiger partial charge in [-0.05, 0) is 37.6 Å². The van der Waals surface area contributed by atoms with Crippen LogP contribution in [0.4, 0.5) is 14.7 Å². The molecule has 2 N–H and O–H groups in total. The minimum Gasteiger partial charge on any atom is -0.354 e. The Labute approximate surface area is 183 Å². The van der Waals surface area contributed by atoms with E-state index < -0.39 is 17.4 Å². The molecule has 0 aliphatic carbocycles. The van der Waals surface area contributed by atoms with Crippen LogP contribution in [0.5, 0.6) is 0 Å². The van der Waals surface area contributed by atoms with Gasteiger partial charge in [0.05, 0.1) is 11.4 Å². The first-order valence-electron chi connectivity index (χ1n) is 9.42. The molecule has 160 valence electrons. The Hall–Kier alpha value is -3.34. The molecule has 0 radical (unpaired) electrons. The maximum absolute atomic E-state index is 14.0. The van der Waals surface area contributed by atoms with Crippen molar-refractivity contribution in [2.24, 2.45) is 0 Å². The van der Waals surface area contributed by atoms with E-state index in [1.165, 1.54) is 12.1 Å². The quantitative estimate of drug-likeness (QED) is 0.405. The number of halogens is 3. The third-order valence-electron chi connectivity index (χ3n) is 4.64. The van der Waals surface area contributed by atoms with Gasteiger partial charge in [0.1, 0.15) is 11.6 Å². The Bertz CT molecular complexity index is 1260. The molecular weight excluding hydrogens is 474 g/mol. The van der Waals surface area contributed by atoms with Gasteiger partial charge in [-0.1, -0.05) is 21.1 Å². The molecule has 0 saturated carbocycles. The van der Waals surface area contributed by atoms with Gasteiger partial charge in [-0.25, -0.2) is 23.5 Å². The van der Waals surface area contributed by atoms with Gasteiger partial charge in [0, 0.05) is 41.1 Å². The summed E-state index contributed by atoms with van der Waals surface area (Å²) in [5, 5.41) is 6.73. The average molecular weight is 491 g/mol. The van der Waals surface area contributed by atoms with Crippen LogP contribution in [0.25, 0.3) is 22.8 Å². The van der Waals surface area contributed by atoms with Crippen LogP contribution in [-0.4, -0.2) is 31.2 Å². The molecule has 8 nitrogen and oxygen atoms in total. The zero-order chi connectivity index (χ0) is 22.0. The molecule has 1 aromatic carbocycles. The van der Waals surface area contributed by atoms with Gasteiger partial charge in [-0.3, -0.25) is 9.51 Å². The van der Waals surface area contributed by atoms with Gasteiger partial charge in [0.25, 0.3) is 0 Å². The van der Waals surface area contributed by atoms with Crippen molar-refractivity contribution >= 4 is 21.9 Å². The number of aromatic nitrogens is 5. The van der Waals surface area contributed by atoms with Crippen molar-refractivity contribution in [3.05, 3.63) is 68.9 Å². The summed E-state index contributed by atoms with van der Waals surface area (Å²) in [7, 11) is 0. The monoisotopic (exact) mass is 490 g/mol. The number of H-pyrrole nitrogens is 1. The third-order valence-corrected chi connectivity index (χ3v) is 5.09. The minimum absolute atomic E-state index is 0.00174. The Morgan fingerprint density at radius 1 is 1.26 bits per heavy atom. The zero-order valence-electron chi connectivity index (χ0n) is 16.3. The molecule has 4 rings (SSSR count). The summed E-state index contributed by atoms with van der Waals surface area (Å²) in [4.78, 5) is 22.5. The first-order valence-corrected chi connectivity index (χ1v) is 10.2. The van der Waals surface area contributed by atoms with E-state index in [2.05, 4.69) is 45.9 Å². The van der Waals surface area contributed by atoms with E-state index in [0.29, 0.717) is 34.2 Å². The lowest BCUT2D eigenvalue weighted by atomic mass is 10.1. The summed E-state index contributed by atoms with van der Waals surface area (Å²) in [6.45, 7) is 2.85. The first-order chi connectivity index (χ1) is 14.9. The second-order valence-electron chi connectivity index (χ2n) is 6.63. The van der Waals surface area contributed by atoms with Crippen molar-refractivity contribution in [3.63, 3.8) is 0 Å². The Morgan fingerprint density at radius 2 is 2.03 bits per heavy atom. The number of aromatic amines is 1. The molecule has 31 heavy (non-hydrogen) atoms. The highest BCUT2D eigenvalue weighted by Crippen LogP contribution is 2.26. The summed E-state index contributed by atoms with van der Waals surface area (Å²) in [6, 6.07) is 6.03. The molecule has 0 amide bonds. The fourth-order valence-electron chi connectivity index (χ4n) is 3.17. The second-order valence-corrected chi connectivity index (χ2v) is 7.55. The SMILES string of the molecule is CCn1cc(-c2ccnc(NCCc3c(F)cc(Br)cc3F)n2)cc1-c1noc(=O)[nH]1. The van der Waals surface area contributed by atoms with E-state index in [0.717, 1.165) is 5.56 Å². The highest BCUT2D eigenvalue weighted by Gasteiger charge is 2.14. The first kappa shape index (κ1) is 20.9. The number of aryl methyl sites for hydroxylation is 1. The standard InChI is InChI=1S/C20H17BrF2N6O2/c1-2-29-10-11(7-17(29)18-27-20(30)31-28-18)16-4-6-25-19(26-16)24-5-3-13-14(22)8-12(21)9-15(13)23/h4,6-10H,2-3,5H2,1H3,(H,24,25,26)(H,27,28,30). The van der Waals surface area contributed by atoms with Crippen molar-refractivity contribution in [1.82, 2.24) is 24.7 Å². The van der Waals surface area contributed by atoms with Crippen LogP contribution in [0.1, 0.15) is 12.5 Å². The molecule has 0 spiro atoms. The topological polar surface area (TPSA) is 102 Å². The molecular formula is C20H17BrF2N6O2. The van der Waals surface area contributed by atoms with Crippen LogP contribution < -0.4 is 11.1 Å². The Balaban J connectivity index is 1.51. The average Bonchev–Trinajstić information content (AvgIpc) is 3.36. The van der Waals surface area contributed by atoms with Crippen molar-refractivity contribution < 1.29 is 13.3 Å². The summed E-state index contributed by atoms with van der Waals surface area (Å²) in [5.41, 5.74) is 2.10. The molecule has 3 heterocycles. The summed E-state index contributed by atoms with van der Waals surface area (Å²) < 4.78 is 34.8. The highest BCUT2D eigenvalue weighted by molar-refractivity contribution is 9.10. The van der Waals surface area contributed by atoms with E-state index in [1.54, 1.807) is 12.3 Å². The molecule has 0 aliphatic heterocycles. The van der Waals surface area contributed by atoms with Crippen LogP contribution in [0, 0.1) is 11.6 Å². The van der Waals surface area contributed by atoms with E-state index >= 15 is 0 Å². The van der Waals surface area contributed by atoms with E-state index in [-0.39, 0.29) is 18.5 Å². The number of nitrogens with one attached hydrogen (secondary N) is 2. The van der Waals surface area contributed by atoms with Crippen molar-refractivity contribution in [2.75, 3.05) is 11.9 Å². The largest absolute Gasteiger partial charge is 0.439 e. The fraction of sp³-hybridized carbons (Fsp3) is 0.200. The lowest BCUT2D eigenvalue weighted by molar-refractivity contribution is 0.387. The lowest BCUT2D eigenvalue weighted by Gasteiger charge is -2.08. The van der Waals surface area contributed by atoms with Gasteiger partial charge >= 0.3 is 5.76 Å². The molecule has 0 saturated heterocycles. The van der Waals surface area contributed by atoms with Crippen LogP contribution >= 0.6 is 15.9 Å². The minimum atomic E-state index is -0.632. The van der Waals surface area contributed by atoms with Gasteiger partial charge < -0.3 is 9.88 Å². The molecule has 0 unspecified atom stereocenters. The van der Waals surface area contributed by atoms with Gasteiger partial charge in [0.2, 0.25) is 5.95 Å². The van der Waals surface area contributed by atoms with Crippen molar-refractivity contribution in [3.8, 4) is 22.8 Å². The van der Waals surface area contributed by atoms with Gasteiger partial charge in [0.15, 0.2) is 5.82 Å². The number of hydrogen-bond donors (Lipinski definition) is 2. The van der Waals surface area contributed by atoms with E-state index in [4.69, 9.17) is 0 Å². The van der Waals surface area contributed by atoms with Gasteiger partial charge in [-0.2, -0.15) is 0 Å². The molecule has 0 fully saturated rings. The summed E-state index contributed by atoms with van der Waals surface area (Å²) in [5.74, 6) is -1.20. The third kappa shape index (κ3) is 4.55. The molecule has 0 bridgehead atoms. The maximum Gasteiger partial charge on any atom is 0.439 e. The number of hydrogen-bond acceptors (Lipinski definition) is 6. The normalized spacial score (nSPS) is 11.1. The predicted molar refractivity (Wildman–Crippen MR) is 114 cm³/mol. The highest BCUT2D eigenvalue weighted by atomic mass is 79.9.